The Morgan fingerprint density at radius 1 is 0.724 bits per heavy atom. The Morgan fingerprint density at radius 3 is 1.62 bits per heavy atom. The Hall–Kier alpha value is -2.02. The lowest BCUT2D eigenvalue weighted by atomic mass is 10.2. The van der Waals surface area contributed by atoms with Gasteiger partial charge in [-0.25, -0.2) is 21.2 Å². The zero-order valence-corrected chi connectivity index (χ0v) is 16.4. The van der Waals surface area contributed by atoms with E-state index in [0.717, 1.165) is 38.9 Å². The topological polar surface area (TPSA) is 74.8 Å². The zero-order chi connectivity index (χ0) is 21.4. The Kier molecular flexibility index (Phi) is 5.73. The second kappa shape index (κ2) is 7.67. The van der Waals surface area contributed by atoms with Crippen LogP contribution in [0.15, 0.2) is 58.3 Å². The first-order valence-corrected chi connectivity index (χ1v) is 11.2. The average molecular weight is 452 g/mol. The first kappa shape index (κ1) is 21.7. The van der Waals surface area contributed by atoms with E-state index in [4.69, 9.17) is 0 Å². The fourth-order valence-electron chi connectivity index (χ4n) is 2.91. The lowest BCUT2D eigenvalue weighted by Gasteiger charge is -2.33. The largest absolute Gasteiger partial charge is 0.416 e. The van der Waals surface area contributed by atoms with Crippen LogP contribution in [-0.4, -0.2) is 51.6 Å². The second-order valence-corrected chi connectivity index (χ2v) is 10.2. The van der Waals surface area contributed by atoms with Crippen molar-refractivity contribution < 1.29 is 34.4 Å². The molecule has 0 radical (unpaired) electrons. The number of piperazine rings is 1. The minimum absolute atomic E-state index is 0.211. The molecule has 0 aromatic heterocycles. The van der Waals surface area contributed by atoms with E-state index in [0.29, 0.717) is 6.07 Å². The molecule has 1 fully saturated rings. The van der Waals surface area contributed by atoms with Gasteiger partial charge in [-0.15, -0.1) is 0 Å². The van der Waals surface area contributed by atoms with Gasteiger partial charge in [0.15, 0.2) is 0 Å². The molecule has 0 spiro atoms. The van der Waals surface area contributed by atoms with Gasteiger partial charge in [0.25, 0.3) is 0 Å². The number of alkyl halides is 3. The van der Waals surface area contributed by atoms with Crippen LogP contribution < -0.4 is 0 Å². The van der Waals surface area contributed by atoms with Crippen molar-refractivity contribution in [1.82, 2.24) is 8.61 Å². The molecule has 0 aliphatic carbocycles. The van der Waals surface area contributed by atoms with Gasteiger partial charge < -0.3 is 0 Å². The summed E-state index contributed by atoms with van der Waals surface area (Å²) in [6.45, 7) is -0.908. The minimum Gasteiger partial charge on any atom is -0.207 e. The van der Waals surface area contributed by atoms with Crippen LogP contribution in [0.3, 0.4) is 0 Å². The minimum atomic E-state index is -4.69. The molecule has 6 nitrogen and oxygen atoms in total. The van der Waals surface area contributed by atoms with Gasteiger partial charge in [-0.3, -0.25) is 0 Å². The summed E-state index contributed by atoms with van der Waals surface area (Å²) in [7, 11) is -8.25. The Balaban J connectivity index is 1.78. The number of hydrogen-bond acceptors (Lipinski definition) is 4. The van der Waals surface area contributed by atoms with Crippen LogP contribution in [-0.2, 0) is 26.2 Å². The molecular formula is C17H16F4N2O4S2. The van der Waals surface area contributed by atoms with Gasteiger partial charge >= 0.3 is 6.18 Å². The normalized spacial score (nSPS) is 17.4. The third-order valence-electron chi connectivity index (χ3n) is 4.43. The molecule has 0 bridgehead atoms. The third-order valence-corrected chi connectivity index (χ3v) is 8.22. The van der Waals surface area contributed by atoms with E-state index in [1.54, 1.807) is 0 Å². The quantitative estimate of drug-likeness (QED) is 0.669. The number of sulfonamides is 2. The molecule has 12 heteroatoms. The molecule has 1 saturated heterocycles. The molecule has 0 saturated carbocycles. The molecule has 158 valence electrons. The van der Waals surface area contributed by atoms with E-state index < -0.39 is 42.5 Å². The highest BCUT2D eigenvalue weighted by atomic mass is 32.2. The number of benzene rings is 2. The first-order chi connectivity index (χ1) is 13.4. The molecule has 1 aliphatic heterocycles. The molecular weight excluding hydrogens is 436 g/mol. The summed E-state index contributed by atoms with van der Waals surface area (Å²) >= 11 is 0. The molecule has 0 atom stereocenters. The summed E-state index contributed by atoms with van der Waals surface area (Å²) < 4.78 is 104. The molecule has 0 amide bonds. The van der Waals surface area contributed by atoms with E-state index in [2.05, 4.69) is 0 Å². The predicted molar refractivity (Wildman–Crippen MR) is 95.4 cm³/mol. The van der Waals surface area contributed by atoms with Crippen LogP contribution in [0.4, 0.5) is 17.6 Å². The van der Waals surface area contributed by atoms with Gasteiger partial charge in [-0.05, 0) is 36.4 Å². The van der Waals surface area contributed by atoms with Crippen molar-refractivity contribution in [2.45, 2.75) is 16.0 Å². The number of halogens is 4. The van der Waals surface area contributed by atoms with Crippen molar-refractivity contribution in [2.24, 2.45) is 0 Å². The molecule has 2 aromatic carbocycles. The fraction of sp³-hybridized carbons (Fsp3) is 0.294. The number of nitrogens with zero attached hydrogens (tertiary/aromatic N) is 2. The molecule has 1 aliphatic rings. The summed E-state index contributed by atoms with van der Waals surface area (Å²) in [6, 6.07) is 7.80. The van der Waals surface area contributed by atoms with Gasteiger partial charge in [0, 0.05) is 26.2 Å². The van der Waals surface area contributed by atoms with Crippen LogP contribution >= 0.6 is 0 Å². The number of rotatable bonds is 4. The highest BCUT2D eigenvalue weighted by Gasteiger charge is 2.36. The van der Waals surface area contributed by atoms with Gasteiger partial charge in [0.1, 0.15) is 5.82 Å². The smallest absolute Gasteiger partial charge is 0.207 e. The lowest BCUT2D eigenvalue weighted by molar-refractivity contribution is -0.137. The van der Waals surface area contributed by atoms with Gasteiger partial charge in [-0.1, -0.05) is 12.1 Å². The van der Waals surface area contributed by atoms with E-state index in [9.17, 15) is 34.4 Å². The molecule has 2 aromatic rings. The van der Waals surface area contributed by atoms with Crippen molar-refractivity contribution in [3.63, 3.8) is 0 Å². The van der Waals surface area contributed by atoms with Crippen LogP contribution in [0.2, 0.25) is 0 Å². The van der Waals surface area contributed by atoms with Gasteiger partial charge in [-0.2, -0.15) is 21.8 Å². The molecule has 29 heavy (non-hydrogen) atoms. The van der Waals surface area contributed by atoms with E-state index in [1.165, 1.54) is 12.1 Å². The van der Waals surface area contributed by atoms with Crippen molar-refractivity contribution in [3.05, 3.63) is 59.9 Å². The second-order valence-electron chi connectivity index (χ2n) is 6.29. The van der Waals surface area contributed by atoms with Crippen molar-refractivity contribution in [3.8, 4) is 0 Å². The summed E-state index contributed by atoms with van der Waals surface area (Å²) in [5.41, 5.74) is -1.09. The predicted octanol–water partition coefficient (Wildman–Crippen LogP) is 2.54. The SMILES string of the molecule is O=S(=O)(c1cccc(F)c1)N1CCN(S(=O)(=O)c2cccc(C(F)(F)F)c2)CC1. The maximum Gasteiger partial charge on any atom is 0.416 e. The Morgan fingerprint density at radius 2 is 1.17 bits per heavy atom. The third kappa shape index (κ3) is 4.44. The summed E-state index contributed by atoms with van der Waals surface area (Å²) in [4.78, 5) is -0.777. The highest BCUT2D eigenvalue weighted by molar-refractivity contribution is 7.89. The average Bonchev–Trinajstić information content (AvgIpc) is 2.67. The Bertz CT molecular complexity index is 1110. The molecule has 0 unspecified atom stereocenters. The van der Waals surface area contributed by atoms with Crippen LogP contribution in [0.25, 0.3) is 0 Å². The maximum absolute atomic E-state index is 13.3. The van der Waals surface area contributed by atoms with Gasteiger partial charge in [0.05, 0.1) is 15.4 Å². The van der Waals surface area contributed by atoms with Crippen molar-refractivity contribution in [1.29, 1.82) is 0 Å². The zero-order valence-electron chi connectivity index (χ0n) is 14.8. The van der Waals surface area contributed by atoms with Crippen LogP contribution in [0, 0.1) is 5.82 Å². The van der Waals surface area contributed by atoms with Crippen molar-refractivity contribution >= 4 is 20.0 Å². The number of hydrogen-bond donors (Lipinski definition) is 0. The first-order valence-electron chi connectivity index (χ1n) is 8.35. The summed E-state index contributed by atoms with van der Waals surface area (Å²) in [5, 5.41) is 0. The molecule has 1 heterocycles. The van der Waals surface area contributed by atoms with E-state index in [1.807, 2.05) is 0 Å². The lowest BCUT2D eigenvalue weighted by Crippen LogP contribution is -2.50. The van der Waals surface area contributed by atoms with Gasteiger partial charge in [0.2, 0.25) is 20.0 Å². The van der Waals surface area contributed by atoms with Crippen LogP contribution in [0.1, 0.15) is 5.56 Å². The van der Waals surface area contributed by atoms with Crippen LogP contribution in [0.5, 0.6) is 0 Å². The highest BCUT2D eigenvalue weighted by Crippen LogP contribution is 2.31. The summed E-state index contributed by atoms with van der Waals surface area (Å²) in [5.74, 6) is -0.725. The molecule has 0 N–H and O–H groups in total. The maximum atomic E-state index is 13.3. The fourth-order valence-corrected chi connectivity index (χ4v) is 5.83. The van der Waals surface area contributed by atoms with E-state index >= 15 is 0 Å². The Labute approximate surface area is 165 Å². The standard InChI is InChI=1S/C17H16F4N2O4S2/c18-14-4-2-6-16(12-14)29(26,27)23-9-7-22(8-10-23)28(24,25)15-5-1-3-13(11-15)17(19,20)21/h1-6,11-12H,7-10H2. The van der Waals surface area contributed by atoms with E-state index in [-0.39, 0.29) is 31.1 Å². The molecule has 3 rings (SSSR count). The van der Waals surface area contributed by atoms with Crippen molar-refractivity contribution in [2.75, 3.05) is 26.2 Å². The monoisotopic (exact) mass is 452 g/mol. The summed E-state index contributed by atoms with van der Waals surface area (Å²) in [6.07, 6.45) is -4.69.